The lowest BCUT2D eigenvalue weighted by molar-refractivity contribution is -0.153. The molecule has 0 aliphatic carbocycles. The highest BCUT2D eigenvalue weighted by Gasteiger charge is 2.25. The second-order valence-corrected chi connectivity index (χ2v) is 14.7. The van der Waals surface area contributed by atoms with E-state index < -0.39 is 13.9 Å². The average Bonchev–Trinajstić information content (AvgIpc) is 3.10. The topological polar surface area (TPSA) is 117 Å². The molecule has 0 radical (unpaired) electrons. The van der Waals surface area contributed by atoms with E-state index in [1.807, 2.05) is 6.08 Å². The zero-order valence-electron chi connectivity index (χ0n) is 32.1. The highest BCUT2D eigenvalue weighted by molar-refractivity contribution is 7.47. The van der Waals surface area contributed by atoms with Gasteiger partial charge in [-0.25, -0.2) is 4.57 Å². The van der Waals surface area contributed by atoms with Gasteiger partial charge in [0.15, 0.2) is 6.10 Å². The van der Waals surface area contributed by atoms with Crippen molar-refractivity contribution in [1.82, 2.24) is 0 Å². The van der Waals surface area contributed by atoms with Crippen LogP contribution >= 0.6 is 7.82 Å². The Morgan fingerprint density at radius 3 is 1.64 bits per heavy atom. The minimum atomic E-state index is -4.30. The summed E-state index contributed by atoms with van der Waals surface area (Å²) in [6.45, 7) is 4.17. The summed E-state index contributed by atoms with van der Waals surface area (Å²) in [6, 6.07) is 0. The van der Waals surface area contributed by atoms with Gasteiger partial charge in [-0.15, -0.1) is 0 Å². The minimum absolute atomic E-state index is 0.0202. The van der Waals surface area contributed by atoms with Crippen LogP contribution in [0.2, 0.25) is 0 Å². The van der Waals surface area contributed by atoms with Gasteiger partial charge < -0.3 is 20.1 Å². The Balaban J connectivity index is 4.17. The maximum Gasteiger partial charge on any atom is 0.472 e. The van der Waals surface area contributed by atoms with Crippen LogP contribution in [-0.4, -0.2) is 43.3 Å². The number of hydrogen-bond acceptors (Lipinski definition) is 7. The summed E-state index contributed by atoms with van der Waals surface area (Å²) in [7, 11) is -4.30. The summed E-state index contributed by atoms with van der Waals surface area (Å²) in [4.78, 5) is 22.4. The van der Waals surface area contributed by atoms with Crippen molar-refractivity contribution in [3.8, 4) is 0 Å². The normalized spacial score (nSPS) is 14.0. The number of hydrogen-bond donors (Lipinski definition) is 2. The fourth-order valence-electron chi connectivity index (χ4n) is 5.28. The van der Waals surface area contributed by atoms with Crippen molar-refractivity contribution >= 4 is 13.8 Å². The Hall–Kier alpha value is -1.70. The molecule has 50 heavy (non-hydrogen) atoms. The molecule has 0 fully saturated rings. The molecule has 0 saturated carbocycles. The monoisotopic (exact) mass is 726 g/mol. The van der Waals surface area contributed by atoms with Crippen LogP contribution in [0.15, 0.2) is 48.8 Å². The lowest BCUT2D eigenvalue weighted by Crippen LogP contribution is -2.27. The van der Waals surface area contributed by atoms with Gasteiger partial charge in [0.05, 0.1) is 19.5 Å². The first-order valence-electron chi connectivity index (χ1n) is 20.2. The highest BCUT2D eigenvalue weighted by atomic mass is 31.2. The van der Waals surface area contributed by atoms with Gasteiger partial charge in [-0.05, 0) is 83.1 Å². The molecule has 0 rings (SSSR count). The van der Waals surface area contributed by atoms with E-state index in [2.05, 4.69) is 50.3 Å². The molecule has 0 amide bonds. The lowest BCUT2D eigenvalue weighted by Gasteiger charge is -2.19. The molecule has 0 aliphatic heterocycles. The third kappa shape index (κ3) is 37.6. The van der Waals surface area contributed by atoms with Gasteiger partial charge >= 0.3 is 13.8 Å². The van der Waals surface area contributed by atoms with Crippen LogP contribution < -0.4 is 5.73 Å². The van der Waals surface area contributed by atoms with E-state index in [9.17, 15) is 14.3 Å². The van der Waals surface area contributed by atoms with Crippen LogP contribution in [-0.2, 0) is 27.9 Å². The van der Waals surface area contributed by atoms with Gasteiger partial charge in [-0.3, -0.25) is 13.8 Å². The van der Waals surface area contributed by atoms with E-state index in [-0.39, 0.29) is 38.8 Å². The number of phosphoric ester groups is 1. The molecule has 2 unspecified atom stereocenters. The predicted molar refractivity (Wildman–Crippen MR) is 210 cm³/mol. The summed E-state index contributed by atoms with van der Waals surface area (Å²) in [5.74, 6) is -0.371. The lowest BCUT2D eigenvalue weighted by atomic mass is 10.1. The van der Waals surface area contributed by atoms with Gasteiger partial charge in [-0.2, -0.15) is 0 Å². The third-order valence-electron chi connectivity index (χ3n) is 8.28. The molecule has 292 valence electrons. The number of nitrogens with two attached hydrogens (primary N) is 1. The van der Waals surface area contributed by atoms with E-state index in [1.54, 1.807) is 6.26 Å². The Kier molecular flexibility index (Phi) is 37.2. The molecular weight excluding hydrogens is 649 g/mol. The summed E-state index contributed by atoms with van der Waals surface area (Å²) in [6.07, 6.45) is 45.0. The number of ether oxygens (including phenoxy) is 2. The zero-order valence-corrected chi connectivity index (χ0v) is 33.0. The van der Waals surface area contributed by atoms with Crippen LogP contribution in [0.25, 0.3) is 0 Å². The molecule has 0 heterocycles. The maximum atomic E-state index is 12.5. The molecule has 2 atom stereocenters. The predicted octanol–water partition coefficient (Wildman–Crippen LogP) is 12.0. The molecule has 0 saturated heterocycles. The summed E-state index contributed by atoms with van der Waals surface area (Å²) < 4.78 is 33.1. The van der Waals surface area contributed by atoms with Crippen LogP contribution in [0.3, 0.4) is 0 Å². The molecule has 0 aromatic heterocycles. The Morgan fingerprint density at radius 2 is 1.08 bits per heavy atom. The van der Waals surface area contributed by atoms with Gasteiger partial charge in [0.1, 0.15) is 6.61 Å². The SMILES string of the molecule is CCCCCC=CCC=CCCCCCCCC(=O)OC(COC=CCCCCCCC=CCCCCCCCC)COP(=O)(O)OCCN. The molecule has 0 bridgehead atoms. The minimum Gasteiger partial charge on any atom is -0.498 e. The molecule has 8 nitrogen and oxygen atoms in total. The van der Waals surface area contributed by atoms with Gasteiger partial charge in [0, 0.05) is 13.0 Å². The standard InChI is InChI=1S/C41H76NO7P/c1-3-5-7-9-11-13-15-17-19-21-23-25-27-29-31-33-36-46-38-40(39-48-50(44,45)47-37-35-42)49-41(43)34-32-30-28-26-24-22-20-18-16-14-12-10-8-6-4-2/h12,14,17-20,33,36,40H,3-11,13,15-16,21-32,34-35,37-39,42H2,1-2H3,(H,44,45). The second kappa shape index (κ2) is 38.5. The molecule has 0 aromatic rings. The van der Waals surface area contributed by atoms with Crippen molar-refractivity contribution in [2.75, 3.05) is 26.4 Å². The molecule has 0 spiro atoms. The van der Waals surface area contributed by atoms with Gasteiger partial charge in [-0.1, -0.05) is 127 Å². The summed E-state index contributed by atoms with van der Waals surface area (Å²) >= 11 is 0. The fraction of sp³-hybridized carbons (Fsp3) is 0.780. The van der Waals surface area contributed by atoms with Crippen LogP contribution in [0.1, 0.15) is 174 Å². The number of rotatable bonds is 38. The highest BCUT2D eigenvalue weighted by Crippen LogP contribution is 2.43. The van der Waals surface area contributed by atoms with Crippen molar-refractivity contribution < 1.29 is 32.8 Å². The number of allylic oxidation sites excluding steroid dienone is 7. The van der Waals surface area contributed by atoms with Crippen molar-refractivity contribution in [2.24, 2.45) is 5.73 Å². The van der Waals surface area contributed by atoms with Crippen molar-refractivity contribution in [1.29, 1.82) is 0 Å². The van der Waals surface area contributed by atoms with Crippen LogP contribution in [0, 0.1) is 0 Å². The smallest absolute Gasteiger partial charge is 0.472 e. The molecule has 0 aromatic carbocycles. The Morgan fingerprint density at radius 1 is 0.620 bits per heavy atom. The first-order chi connectivity index (χ1) is 24.4. The quantitative estimate of drug-likeness (QED) is 0.0212. The van der Waals surface area contributed by atoms with Crippen molar-refractivity contribution in [3.05, 3.63) is 48.8 Å². The number of carbonyl (C=O) groups excluding carboxylic acids is 1. The second-order valence-electron chi connectivity index (χ2n) is 13.2. The number of unbranched alkanes of at least 4 members (excludes halogenated alkanes) is 19. The van der Waals surface area contributed by atoms with E-state index >= 15 is 0 Å². The van der Waals surface area contributed by atoms with Gasteiger partial charge in [0.25, 0.3) is 0 Å². The Bertz CT molecular complexity index is 905. The van der Waals surface area contributed by atoms with Crippen molar-refractivity contribution in [2.45, 2.75) is 180 Å². The van der Waals surface area contributed by atoms with E-state index in [4.69, 9.17) is 24.3 Å². The fourth-order valence-corrected chi connectivity index (χ4v) is 6.04. The molecule has 0 aliphatic rings. The number of phosphoric acid groups is 1. The van der Waals surface area contributed by atoms with Crippen LogP contribution in [0.5, 0.6) is 0 Å². The Labute approximate surface area is 307 Å². The molecule has 3 N–H and O–H groups in total. The summed E-state index contributed by atoms with van der Waals surface area (Å²) in [5.41, 5.74) is 5.35. The number of esters is 1. The first kappa shape index (κ1) is 48.3. The van der Waals surface area contributed by atoms with Crippen LogP contribution in [0.4, 0.5) is 0 Å². The van der Waals surface area contributed by atoms with E-state index in [0.29, 0.717) is 0 Å². The van der Waals surface area contributed by atoms with E-state index in [0.717, 1.165) is 64.2 Å². The molecule has 9 heteroatoms. The van der Waals surface area contributed by atoms with E-state index in [1.165, 1.54) is 89.9 Å². The zero-order chi connectivity index (χ0) is 36.6. The van der Waals surface area contributed by atoms with Gasteiger partial charge in [0.2, 0.25) is 0 Å². The van der Waals surface area contributed by atoms with Crippen molar-refractivity contribution in [3.63, 3.8) is 0 Å². The number of carbonyl (C=O) groups is 1. The maximum absolute atomic E-state index is 12.5. The summed E-state index contributed by atoms with van der Waals surface area (Å²) in [5, 5.41) is 0. The third-order valence-corrected chi connectivity index (χ3v) is 9.27. The molecular formula is C41H76NO7P. The first-order valence-corrected chi connectivity index (χ1v) is 21.7. The largest absolute Gasteiger partial charge is 0.498 e. The average molecular weight is 726 g/mol.